The van der Waals surface area contributed by atoms with Crippen molar-refractivity contribution in [2.45, 2.75) is 32.7 Å². The van der Waals surface area contributed by atoms with Crippen LogP contribution in [0, 0.1) is 13.8 Å². The highest BCUT2D eigenvalue weighted by Crippen LogP contribution is 2.29. The number of nitrogens with one attached hydrogen (secondary N) is 1. The maximum atomic E-state index is 13.2. The molecular formula is C20H20F2N4OS. The zero-order chi connectivity index (χ0) is 20.1. The molecule has 1 N–H and O–H groups in total. The molecule has 3 aromatic rings. The molecule has 0 atom stereocenters. The van der Waals surface area contributed by atoms with Gasteiger partial charge in [-0.25, -0.2) is 4.98 Å². The van der Waals surface area contributed by atoms with Gasteiger partial charge in [-0.3, -0.25) is 9.78 Å². The minimum atomic E-state index is -2.94. The van der Waals surface area contributed by atoms with E-state index in [0.29, 0.717) is 18.0 Å². The molecule has 1 amide bonds. The Morgan fingerprint density at radius 2 is 2.04 bits per heavy atom. The number of halogens is 2. The second-order valence-electron chi connectivity index (χ2n) is 7.28. The van der Waals surface area contributed by atoms with Crippen LogP contribution in [0.4, 0.5) is 14.5 Å². The summed E-state index contributed by atoms with van der Waals surface area (Å²) in [6.07, 6.45) is 1.45. The van der Waals surface area contributed by atoms with E-state index in [0.717, 1.165) is 34.1 Å². The first-order valence-electron chi connectivity index (χ1n) is 8.98. The number of amides is 1. The Labute approximate surface area is 165 Å². The second kappa shape index (κ2) is 6.77. The van der Waals surface area contributed by atoms with Gasteiger partial charge in [0.1, 0.15) is 10.5 Å². The topological polar surface area (TPSA) is 58.1 Å². The van der Waals surface area contributed by atoms with Gasteiger partial charge < -0.3 is 10.2 Å². The average Bonchev–Trinajstić information content (AvgIpc) is 3.01. The SMILES string of the molecule is Cc1cc(C)c2cc(C(=O)NC3CN(c4ccc(C(C)(F)F)nc4)C3)sc2n1. The van der Waals surface area contributed by atoms with Crippen molar-refractivity contribution in [2.75, 3.05) is 18.0 Å². The van der Waals surface area contributed by atoms with Gasteiger partial charge in [0.05, 0.1) is 22.8 Å². The minimum Gasteiger partial charge on any atom is -0.366 e. The van der Waals surface area contributed by atoms with Gasteiger partial charge in [0.25, 0.3) is 11.8 Å². The van der Waals surface area contributed by atoms with E-state index in [4.69, 9.17) is 0 Å². The summed E-state index contributed by atoms with van der Waals surface area (Å²) >= 11 is 1.39. The number of alkyl halides is 2. The summed E-state index contributed by atoms with van der Waals surface area (Å²) < 4.78 is 26.5. The third-order valence-electron chi connectivity index (χ3n) is 4.84. The first-order chi connectivity index (χ1) is 13.2. The van der Waals surface area contributed by atoms with Crippen LogP contribution < -0.4 is 10.2 Å². The molecule has 146 valence electrons. The van der Waals surface area contributed by atoms with Crippen LogP contribution in [0.2, 0.25) is 0 Å². The Balaban J connectivity index is 1.38. The Morgan fingerprint density at radius 1 is 1.29 bits per heavy atom. The molecule has 0 bridgehead atoms. The molecule has 0 aliphatic carbocycles. The summed E-state index contributed by atoms with van der Waals surface area (Å²) in [7, 11) is 0. The zero-order valence-electron chi connectivity index (χ0n) is 15.8. The van der Waals surface area contributed by atoms with Crippen molar-refractivity contribution in [1.82, 2.24) is 15.3 Å². The quantitative estimate of drug-likeness (QED) is 0.716. The van der Waals surface area contributed by atoms with E-state index in [9.17, 15) is 13.6 Å². The lowest BCUT2D eigenvalue weighted by Gasteiger charge is -2.41. The number of pyridine rings is 2. The number of fused-ring (bicyclic) bond motifs is 1. The van der Waals surface area contributed by atoms with Gasteiger partial charge in [-0.15, -0.1) is 11.3 Å². The van der Waals surface area contributed by atoms with Crippen LogP contribution in [0.3, 0.4) is 0 Å². The van der Waals surface area contributed by atoms with E-state index in [2.05, 4.69) is 15.3 Å². The largest absolute Gasteiger partial charge is 0.366 e. The number of aryl methyl sites for hydroxylation is 2. The van der Waals surface area contributed by atoms with Crippen LogP contribution in [0.25, 0.3) is 10.2 Å². The smallest absolute Gasteiger partial charge is 0.286 e. The van der Waals surface area contributed by atoms with Gasteiger partial charge in [-0.2, -0.15) is 8.78 Å². The van der Waals surface area contributed by atoms with Crippen molar-refractivity contribution in [3.05, 3.63) is 52.3 Å². The molecule has 1 fully saturated rings. The van der Waals surface area contributed by atoms with E-state index in [-0.39, 0.29) is 17.6 Å². The van der Waals surface area contributed by atoms with Gasteiger partial charge in [-0.05, 0) is 43.7 Å². The van der Waals surface area contributed by atoms with Crippen molar-refractivity contribution in [1.29, 1.82) is 0 Å². The molecule has 1 saturated heterocycles. The van der Waals surface area contributed by atoms with Crippen molar-refractivity contribution >= 4 is 33.1 Å². The monoisotopic (exact) mass is 402 g/mol. The molecule has 0 radical (unpaired) electrons. The molecule has 0 saturated carbocycles. The van der Waals surface area contributed by atoms with Crippen LogP contribution in [0.1, 0.15) is 33.5 Å². The van der Waals surface area contributed by atoms with Crippen LogP contribution in [-0.4, -0.2) is 35.0 Å². The van der Waals surface area contributed by atoms with Crippen molar-refractivity contribution < 1.29 is 13.6 Å². The van der Waals surface area contributed by atoms with E-state index in [1.807, 2.05) is 30.9 Å². The number of anilines is 1. The predicted octanol–water partition coefficient (Wildman–Crippen LogP) is 4.04. The van der Waals surface area contributed by atoms with E-state index in [1.165, 1.54) is 23.6 Å². The Morgan fingerprint density at radius 3 is 2.68 bits per heavy atom. The summed E-state index contributed by atoms with van der Waals surface area (Å²) in [6, 6.07) is 6.90. The molecule has 3 aromatic heterocycles. The lowest BCUT2D eigenvalue weighted by Crippen LogP contribution is -2.59. The van der Waals surface area contributed by atoms with Crippen molar-refractivity contribution in [2.24, 2.45) is 0 Å². The first kappa shape index (κ1) is 18.7. The average molecular weight is 402 g/mol. The third kappa shape index (κ3) is 3.56. The van der Waals surface area contributed by atoms with Crippen molar-refractivity contribution in [3.63, 3.8) is 0 Å². The van der Waals surface area contributed by atoms with Crippen LogP contribution in [0.15, 0.2) is 30.5 Å². The summed E-state index contributed by atoms with van der Waals surface area (Å²) in [6.45, 7) is 6.03. The number of carbonyl (C=O) groups is 1. The molecule has 1 aliphatic rings. The molecule has 5 nitrogen and oxygen atoms in total. The summed E-state index contributed by atoms with van der Waals surface area (Å²) in [5, 5.41) is 4.03. The number of thiophene rings is 1. The molecule has 28 heavy (non-hydrogen) atoms. The normalized spacial score (nSPS) is 15.0. The molecule has 8 heteroatoms. The van der Waals surface area contributed by atoms with Gasteiger partial charge in [0, 0.05) is 31.1 Å². The highest BCUT2D eigenvalue weighted by molar-refractivity contribution is 7.20. The first-order valence-corrected chi connectivity index (χ1v) is 9.80. The Bertz CT molecular complexity index is 1040. The lowest BCUT2D eigenvalue weighted by atomic mass is 10.1. The maximum Gasteiger partial charge on any atom is 0.286 e. The summed E-state index contributed by atoms with van der Waals surface area (Å²) in [5.74, 6) is -3.05. The standard InChI is InChI=1S/C20H20F2N4OS/c1-11-6-12(2)24-19-15(11)7-16(28-19)18(27)25-13-9-26(10-13)14-4-5-17(23-8-14)20(3,21)22/h4-8,13H,9-10H2,1-3H3,(H,25,27). The highest BCUT2D eigenvalue weighted by atomic mass is 32.1. The fourth-order valence-corrected chi connectivity index (χ4v) is 4.37. The second-order valence-corrected chi connectivity index (χ2v) is 8.31. The summed E-state index contributed by atoms with van der Waals surface area (Å²) in [4.78, 5) is 24.4. The van der Waals surface area contributed by atoms with Crippen molar-refractivity contribution in [3.8, 4) is 0 Å². The molecule has 4 rings (SSSR count). The molecule has 0 aromatic carbocycles. The minimum absolute atomic E-state index is 0.0146. The molecule has 4 heterocycles. The number of nitrogens with zero attached hydrogens (tertiary/aromatic N) is 3. The van der Waals surface area contributed by atoms with Crippen LogP contribution in [-0.2, 0) is 5.92 Å². The highest BCUT2D eigenvalue weighted by Gasteiger charge is 2.30. The van der Waals surface area contributed by atoms with Gasteiger partial charge in [0.2, 0.25) is 0 Å². The number of rotatable bonds is 4. The molecule has 0 unspecified atom stereocenters. The van der Waals surface area contributed by atoms with E-state index >= 15 is 0 Å². The number of carbonyl (C=O) groups excluding carboxylic acids is 1. The Kier molecular flexibility index (Phi) is 4.53. The number of hydrogen-bond donors (Lipinski definition) is 1. The van der Waals surface area contributed by atoms with Crippen LogP contribution >= 0.6 is 11.3 Å². The number of hydrogen-bond acceptors (Lipinski definition) is 5. The third-order valence-corrected chi connectivity index (χ3v) is 5.87. The molecule has 0 spiro atoms. The zero-order valence-corrected chi connectivity index (χ0v) is 16.6. The fourth-order valence-electron chi connectivity index (χ4n) is 3.31. The van der Waals surface area contributed by atoms with Crippen LogP contribution in [0.5, 0.6) is 0 Å². The lowest BCUT2D eigenvalue weighted by molar-refractivity contribution is 0.0128. The predicted molar refractivity (Wildman–Crippen MR) is 106 cm³/mol. The van der Waals surface area contributed by atoms with Gasteiger partial charge >= 0.3 is 0 Å². The van der Waals surface area contributed by atoms with Gasteiger partial charge in [-0.1, -0.05) is 0 Å². The maximum absolute atomic E-state index is 13.2. The van der Waals surface area contributed by atoms with Gasteiger partial charge in [0.15, 0.2) is 0 Å². The molecule has 1 aliphatic heterocycles. The fraction of sp³-hybridized carbons (Fsp3) is 0.350. The number of aromatic nitrogens is 2. The van der Waals surface area contributed by atoms with E-state index in [1.54, 1.807) is 6.07 Å². The molecular weight excluding hydrogens is 382 g/mol. The van der Waals surface area contributed by atoms with E-state index < -0.39 is 5.92 Å². The Hall–Kier alpha value is -2.61. The summed E-state index contributed by atoms with van der Waals surface area (Å²) in [5.41, 5.74) is 2.58.